The maximum absolute atomic E-state index is 12.2. The first-order valence-electron chi connectivity index (χ1n) is 8.19. The van der Waals surface area contributed by atoms with E-state index in [-0.39, 0.29) is 5.91 Å². The number of rotatable bonds is 6. The Morgan fingerprint density at radius 1 is 1.25 bits per heavy atom. The van der Waals surface area contributed by atoms with Gasteiger partial charge in [-0.15, -0.1) is 0 Å². The summed E-state index contributed by atoms with van der Waals surface area (Å²) in [5.74, 6) is 1.12. The average Bonchev–Trinajstić information content (AvgIpc) is 3.15. The minimum absolute atomic E-state index is 0.252. The summed E-state index contributed by atoms with van der Waals surface area (Å²) >= 11 is 0. The Labute approximate surface area is 141 Å². The van der Waals surface area contributed by atoms with Crippen molar-refractivity contribution in [3.8, 4) is 5.88 Å². The van der Waals surface area contributed by atoms with Crippen molar-refractivity contribution in [1.82, 2.24) is 20.3 Å². The number of carbonyl (C=O) groups excluding carboxylic acids is 1. The lowest BCUT2D eigenvalue weighted by Crippen LogP contribution is -2.24. The third-order valence-corrected chi connectivity index (χ3v) is 3.86. The molecular formula is C17H21N5O2. The highest BCUT2D eigenvalue weighted by Gasteiger charge is 2.14. The number of ether oxygens (including phenoxy) is 1. The van der Waals surface area contributed by atoms with Crippen LogP contribution in [-0.2, 0) is 6.54 Å². The van der Waals surface area contributed by atoms with Gasteiger partial charge < -0.3 is 15.0 Å². The van der Waals surface area contributed by atoms with E-state index in [2.05, 4.69) is 25.2 Å². The molecule has 1 aliphatic rings. The quantitative estimate of drug-likeness (QED) is 0.871. The third kappa shape index (κ3) is 3.98. The third-order valence-electron chi connectivity index (χ3n) is 3.86. The van der Waals surface area contributed by atoms with Crippen LogP contribution in [0.1, 0.15) is 35.8 Å². The zero-order valence-electron chi connectivity index (χ0n) is 13.7. The van der Waals surface area contributed by atoms with Gasteiger partial charge in [0.15, 0.2) is 0 Å². The fourth-order valence-corrected chi connectivity index (χ4v) is 2.65. The molecule has 1 N–H and O–H groups in total. The van der Waals surface area contributed by atoms with Gasteiger partial charge in [-0.1, -0.05) is 0 Å². The van der Waals surface area contributed by atoms with Crippen molar-refractivity contribution in [3.63, 3.8) is 0 Å². The molecule has 24 heavy (non-hydrogen) atoms. The zero-order chi connectivity index (χ0) is 16.8. The molecule has 126 valence electrons. The molecule has 1 amide bonds. The highest BCUT2D eigenvalue weighted by molar-refractivity contribution is 5.92. The zero-order valence-corrected chi connectivity index (χ0v) is 13.7. The fraction of sp³-hybridized carbons (Fsp3) is 0.412. The number of aromatic nitrogens is 3. The van der Waals surface area contributed by atoms with Gasteiger partial charge in [0.2, 0.25) is 5.88 Å². The first kappa shape index (κ1) is 16.2. The van der Waals surface area contributed by atoms with Gasteiger partial charge >= 0.3 is 0 Å². The second-order valence-corrected chi connectivity index (χ2v) is 5.57. The fourth-order valence-electron chi connectivity index (χ4n) is 2.65. The van der Waals surface area contributed by atoms with Crippen molar-refractivity contribution < 1.29 is 9.53 Å². The van der Waals surface area contributed by atoms with Crippen LogP contribution in [0.4, 0.5) is 5.82 Å². The monoisotopic (exact) mass is 327 g/mol. The topological polar surface area (TPSA) is 80.2 Å². The van der Waals surface area contributed by atoms with E-state index in [9.17, 15) is 4.79 Å². The minimum Gasteiger partial charge on any atom is -0.478 e. The van der Waals surface area contributed by atoms with E-state index in [0.717, 1.165) is 24.5 Å². The highest BCUT2D eigenvalue weighted by atomic mass is 16.5. The van der Waals surface area contributed by atoms with Crippen LogP contribution in [0.15, 0.2) is 30.7 Å². The van der Waals surface area contributed by atoms with E-state index < -0.39 is 0 Å². The van der Waals surface area contributed by atoms with Gasteiger partial charge in [0, 0.05) is 31.9 Å². The van der Waals surface area contributed by atoms with Gasteiger partial charge in [0.1, 0.15) is 17.8 Å². The van der Waals surface area contributed by atoms with Crippen molar-refractivity contribution in [2.45, 2.75) is 26.3 Å². The molecule has 3 rings (SSSR count). The molecule has 0 aliphatic carbocycles. The van der Waals surface area contributed by atoms with Gasteiger partial charge in [-0.25, -0.2) is 15.0 Å². The molecule has 0 bridgehead atoms. The minimum atomic E-state index is -0.252. The van der Waals surface area contributed by atoms with Gasteiger partial charge in [-0.3, -0.25) is 4.79 Å². The Morgan fingerprint density at radius 2 is 2.08 bits per heavy atom. The molecule has 1 saturated heterocycles. The lowest BCUT2D eigenvalue weighted by atomic mass is 10.2. The molecule has 0 spiro atoms. The van der Waals surface area contributed by atoms with Crippen LogP contribution in [0.3, 0.4) is 0 Å². The van der Waals surface area contributed by atoms with Gasteiger partial charge in [0.25, 0.3) is 5.91 Å². The van der Waals surface area contributed by atoms with Crippen LogP contribution >= 0.6 is 0 Å². The Hall–Kier alpha value is -2.70. The second kappa shape index (κ2) is 7.72. The molecule has 1 aliphatic heterocycles. The number of anilines is 1. The molecule has 0 radical (unpaired) electrons. The predicted octanol–water partition coefficient (Wildman–Crippen LogP) is 1.80. The standard InChI is InChI=1S/C17H21N5O2/c1-2-24-16-10-14(20-12-21-16)17(23)19-11-13-5-6-18-15(9-13)22-7-3-4-8-22/h5-6,9-10,12H,2-4,7-8,11H2,1H3,(H,19,23). The number of pyridine rings is 1. The summed E-state index contributed by atoms with van der Waals surface area (Å²) in [4.78, 5) is 26.9. The van der Waals surface area contributed by atoms with E-state index in [0.29, 0.717) is 24.7 Å². The van der Waals surface area contributed by atoms with Crippen molar-refractivity contribution in [2.24, 2.45) is 0 Å². The second-order valence-electron chi connectivity index (χ2n) is 5.57. The predicted molar refractivity (Wildman–Crippen MR) is 90.1 cm³/mol. The summed E-state index contributed by atoms with van der Waals surface area (Å²) in [6.45, 7) is 4.88. The Balaban J connectivity index is 1.61. The molecule has 2 aromatic rings. The number of carbonyl (C=O) groups is 1. The number of hydrogen-bond acceptors (Lipinski definition) is 6. The Kier molecular flexibility index (Phi) is 5.20. The summed E-state index contributed by atoms with van der Waals surface area (Å²) < 4.78 is 5.29. The molecule has 2 aromatic heterocycles. The first-order chi connectivity index (χ1) is 11.8. The largest absolute Gasteiger partial charge is 0.478 e. The maximum atomic E-state index is 12.2. The number of hydrogen-bond donors (Lipinski definition) is 1. The van der Waals surface area contributed by atoms with Gasteiger partial charge in [0.05, 0.1) is 6.61 Å². The van der Waals surface area contributed by atoms with Crippen LogP contribution in [0.25, 0.3) is 0 Å². The van der Waals surface area contributed by atoms with Crippen molar-refractivity contribution in [2.75, 3.05) is 24.6 Å². The first-order valence-corrected chi connectivity index (χ1v) is 8.19. The molecule has 0 atom stereocenters. The van der Waals surface area contributed by atoms with Gasteiger partial charge in [-0.2, -0.15) is 0 Å². The summed E-state index contributed by atoms with van der Waals surface area (Å²) in [5.41, 5.74) is 1.31. The molecule has 3 heterocycles. The van der Waals surface area contributed by atoms with Crippen LogP contribution < -0.4 is 15.0 Å². The van der Waals surface area contributed by atoms with Crippen molar-refractivity contribution >= 4 is 11.7 Å². The average molecular weight is 327 g/mol. The Morgan fingerprint density at radius 3 is 2.88 bits per heavy atom. The van der Waals surface area contributed by atoms with E-state index in [4.69, 9.17) is 4.74 Å². The summed E-state index contributed by atoms with van der Waals surface area (Å²) in [6, 6.07) is 5.48. The lowest BCUT2D eigenvalue weighted by molar-refractivity contribution is 0.0945. The Bertz CT molecular complexity index is 701. The molecule has 7 heteroatoms. The summed E-state index contributed by atoms with van der Waals surface area (Å²) in [6.07, 6.45) is 5.53. The smallest absolute Gasteiger partial charge is 0.270 e. The van der Waals surface area contributed by atoms with E-state index in [1.165, 1.54) is 19.2 Å². The number of nitrogens with zero attached hydrogens (tertiary/aromatic N) is 4. The number of amides is 1. The molecular weight excluding hydrogens is 306 g/mol. The van der Waals surface area contributed by atoms with Crippen LogP contribution in [-0.4, -0.2) is 40.6 Å². The molecule has 0 aromatic carbocycles. The molecule has 1 fully saturated rings. The van der Waals surface area contributed by atoms with E-state index in [1.807, 2.05) is 19.1 Å². The van der Waals surface area contributed by atoms with Crippen molar-refractivity contribution in [1.29, 1.82) is 0 Å². The lowest BCUT2D eigenvalue weighted by Gasteiger charge is -2.17. The van der Waals surface area contributed by atoms with Gasteiger partial charge in [-0.05, 0) is 37.5 Å². The van der Waals surface area contributed by atoms with Crippen LogP contribution in [0.5, 0.6) is 5.88 Å². The molecule has 7 nitrogen and oxygen atoms in total. The molecule has 0 saturated carbocycles. The van der Waals surface area contributed by atoms with Crippen molar-refractivity contribution in [3.05, 3.63) is 42.0 Å². The molecule has 0 unspecified atom stereocenters. The maximum Gasteiger partial charge on any atom is 0.270 e. The summed E-state index contributed by atoms with van der Waals surface area (Å²) in [7, 11) is 0. The highest BCUT2D eigenvalue weighted by Crippen LogP contribution is 2.18. The summed E-state index contributed by atoms with van der Waals surface area (Å²) in [5, 5.41) is 2.87. The number of nitrogens with one attached hydrogen (secondary N) is 1. The van der Waals surface area contributed by atoms with Crippen LogP contribution in [0.2, 0.25) is 0 Å². The SMILES string of the molecule is CCOc1cc(C(=O)NCc2ccnc(N3CCCC3)c2)ncn1. The van der Waals surface area contributed by atoms with Crippen LogP contribution in [0, 0.1) is 0 Å². The van der Waals surface area contributed by atoms with E-state index in [1.54, 1.807) is 12.3 Å². The van der Waals surface area contributed by atoms with E-state index >= 15 is 0 Å². The normalized spacial score (nSPS) is 13.8.